The minimum atomic E-state index is -0.694. The van der Waals surface area contributed by atoms with Crippen molar-refractivity contribution in [1.29, 1.82) is 0 Å². The van der Waals surface area contributed by atoms with Crippen LogP contribution in [-0.4, -0.2) is 29.2 Å². The number of nitrogens with zero attached hydrogens (tertiary/aromatic N) is 2. The third-order valence-corrected chi connectivity index (χ3v) is 5.00. The number of ether oxygens (including phenoxy) is 1. The van der Waals surface area contributed by atoms with E-state index in [1.54, 1.807) is 24.5 Å². The molecule has 30 heavy (non-hydrogen) atoms. The normalized spacial score (nSPS) is 11.1. The Kier molecular flexibility index (Phi) is 5.61. The average molecular weight is 472 g/mol. The molecule has 1 aromatic heterocycles. The van der Waals surface area contributed by atoms with Crippen LogP contribution in [0.2, 0.25) is 0 Å². The van der Waals surface area contributed by atoms with Crippen LogP contribution in [0.25, 0.3) is 27.8 Å². The molecule has 4 rings (SSSR count). The maximum Gasteiger partial charge on any atom is 0.250 e. The van der Waals surface area contributed by atoms with Gasteiger partial charge in [0.05, 0.1) is 11.0 Å². The van der Waals surface area contributed by atoms with E-state index in [1.807, 2.05) is 22.8 Å². The molecule has 0 bridgehead atoms. The van der Waals surface area contributed by atoms with Gasteiger partial charge in [-0.2, -0.15) is 0 Å². The highest BCUT2D eigenvalue weighted by molar-refractivity contribution is 9.10. The monoisotopic (exact) mass is 471 g/mol. The highest BCUT2D eigenvalue weighted by Gasteiger charge is 2.13. The number of benzene rings is 3. The number of carbonyl (C=O) groups is 1. The fourth-order valence-electron chi connectivity index (χ4n) is 3.22. The van der Waals surface area contributed by atoms with E-state index in [0.717, 1.165) is 21.6 Å². The van der Waals surface area contributed by atoms with Gasteiger partial charge in [0.25, 0.3) is 0 Å². The number of nitrogens with one attached hydrogen (secondary N) is 1. The lowest BCUT2D eigenvalue weighted by Gasteiger charge is -2.13. The number of hydrogen-bond donors (Lipinski definition) is 1. The highest BCUT2D eigenvalue weighted by Crippen LogP contribution is 2.31. The molecule has 0 aliphatic heterocycles. The van der Waals surface area contributed by atoms with E-state index in [2.05, 4.69) is 26.2 Å². The lowest BCUT2D eigenvalue weighted by atomic mass is 10.0. The number of anilines is 1. The number of hydrogen-bond acceptors (Lipinski definition) is 3. The Morgan fingerprint density at radius 1 is 1.13 bits per heavy atom. The van der Waals surface area contributed by atoms with Gasteiger partial charge in [-0.25, -0.2) is 13.8 Å². The molecule has 0 aliphatic rings. The van der Waals surface area contributed by atoms with Crippen molar-refractivity contribution in [2.45, 2.75) is 0 Å². The highest BCUT2D eigenvalue weighted by atomic mass is 79.9. The first-order chi connectivity index (χ1) is 14.4. The van der Waals surface area contributed by atoms with Crippen LogP contribution in [0, 0.1) is 11.6 Å². The number of carbonyl (C=O) groups excluding carboxylic acids is 1. The smallest absolute Gasteiger partial charge is 0.250 e. The van der Waals surface area contributed by atoms with Crippen LogP contribution in [0.5, 0.6) is 0 Å². The Labute approximate surface area is 179 Å². The van der Waals surface area contributed by atoms with Crippen molar-refractivity contribution in [2.75, 3.05) is 19.0 Å². The third kappa shape index (κ3) is 4.10. The Morgan fingerprint density at radius 3 is 2.73 bits per heavy atom. The van der Waals surface area contributed by atoms with E-state index in [1.165, 1.54) is 19.2 Å². The molecule has 0 unspecified atom stereocenters. The quantitative estimate of drug-likeness (QED) is 0.428. The minimum Gasteiger partial charge on any atom is -0.375 e. The van der Waals surface area contributed by atoms with Crippen LogP contribution in [0.4, 0.5) is 14.5 Å². The largest absolute Gasteiger partial charge is 0.375 e. The number of rotatable bonds is 5. The average Bonchev–Trinajstić information content (AvgIpc) is 3.11. The molecule has 0 radical (unpaired) electrons. The molecule has 0 saturated carbocycles. The molecule has 0 saturated heterocycles. The van der Waals surface area contributed by atoms with Crippen LogP contribution in [0.15, 0.2) is 65.4 Å². The van der Waals surface area contributed by atoms with Gasteiger partial charge in [-0.3, -0.25) is 9.36 Å². The lowest BCUT2D eigenvalue weighted by molar-refractivity contribution is -0.119. The Bertz CT molecular complexity index is 1260. The van der Waals surface area contributed by atoms with Crippen molar-refractivity contribution in [3.63, 3.8) is 0 Å². The van der Waals surface area contributed by atoms with Gasteiger partial charge in [0.1, 0.15) is 24.6 Å². The van der Waals surface area contributed by atoms with Crippen LogP contribution in [-0.2, 0) is 9.53 Å². The van der Waals surface area contributed by atoms with Gasteiger partial charge in [0.2, 0.25) is 5.91 Å². The lowest BCUT2D eigenvalue weighted by Crippen LogP contribution is -2.17. The summed E-state index contributed by atoms with van der Waals surface area (Å²) in [5.74, 6) is -1.70. The van der Waals surface area contributed by atoms with E-state index in [4.69, 9.17) is 4.74 Å². The Morgan fingerprint density at radius 2 is 1.97 bits per heavy atom. The first-order valence-electron chi connectivity index (χ1n) is 8.97. The molecule has 0 fully saturated rings. The summed E-state index contributed by atoms with van der Waals surface area (Å²) in [4.78, 5) is 16.4. The summed E-state index contributed by atoms with van der Waals surface area (Å²) in [7, 11) is 1.42. The number of halogens is 3. The van der Waals surface area contributed by atoms with Crippen LogP contribution >= 0.6 is 15.9 Å². The number of aromatic nitrogens is 2. The Hall–Kier alpha value is -3.10. The van der Waals surface area contributed by atoms with E-state index >= 15 is 0 Å². The van der Waals surface area contributed by atoms with E-state index in [0.29, 0.717) is 16.9 Å². The number of methoxy groups -OCH3 is 1. The van der Waals surface area contributed by atoms with Gasteiger partial charge >= 0.3 is 0 Å². The summed E-state index contributed by atoms with van der Waals surface area (Å²) in [6.45, 7) is -0.119. The number of imidazole rings is 1. The predicted molar refractivity (Wildman–Crippen MR) is 115 cm³/mol. The molecule has 8 heteroatoms. The van der Waals surface area contributed by atoms with E-state index in [-0.39, 0.29) is 18.1 Å². The van der Waals surface area contributed by atoms with Crippen molar-refractivity contribution >= 4 is 38.6 Å². The van der Waals surface area contributed by atoms with Crippen LogP contribution in [0.3, 0.4) is 0 Å². The second-order valence-corrected chi connectivity index (χ2v) is 7.54. The first kappa shape index (κ1) is 20.2. The van der Waals surface area contributed by atoms with Crippen LogP contribution in [0.1, 0.15) is 0 Å². The van der Waals surface area contributed by atoms with Crippen molar-refractivity contribution in [3.05, 3.63) is 77.0 Å². The van der Waals surface area contributed by atoms with E-state index < -0.39 is 11.6 Å². The molecule has 1 heterocycles. The Balaban J connectivity index is 1.87. The summed E-state index contributed by atoms with van der Waals surface area (Å²) < 4.78 is 35.4. The molecule has 152 valence electrons. The minimum absolute atomic E-state index is 0.119. The molecular weight excluding hydrogens is 456 g/mol. The fraction of sp³-hybridized carbons (Fsp3) is 0.0909. The van der Waals surface area contributed by atoms with Crippen molar-refractivity contribution in [2.24, 2.45) is 0 Å². The molecule has 3 aromatic carbocycles. The number of fused-ring (bicyclic) bond motifs is 1. The summed E-state index contributed by atoms with van der Waals surface area (Å²) in [6.07, 6.45) is 1.65. The summed E-state index contributed by atoms with van der Waals surface area (Å²) >= 11 is 3.43. The second-order valence-electron chi connectivity index (χ2n) is 6.62. The fourth-order valence-corrected chi connectivity index (χ4v) is 3.57. The zero-order chi connectivity index (χ0) is 21.3. The number of amides is 1. The summed E-state index contributed by atoms with van der Waals surface area (Å²) in [5, 5.41) is 2.74. The molecule has 1 N–H and O–H groups in total. The van der Waals surface area contributed by atoms with Gasteiger partial charge < -0.3 is 10.1 Å². The predicted octanol–water partition coefficient (Wildman–Crippen LogP) is 5.32. The van der Waals surface area contributed by atoms with Gasteiger partial charge in [-0.1, -0.05) is 15.9 Å². The first-order valence-corrected chi connectivity index (χ1v) is 9.76. The molecule has 5 nitrogen and oxygen atoms in total. The van der Waals surface area contributed by atoms with E-state index in [9.17, 15) is 13.6 Å². The SMILES string of the molecule is COCC(=O)Nc1cc(-c2ccc(F)cc2F)cc(-n2cnc3cc(Br)ccc32)c1. The maximum atomic E-state index is 14.5. The van der Waals surface area contributed by atoms with Gasteiger partial charge in [-0.15, -0.1) is 0 Å². The topological polar surface area (TPSA) is 56.1 Å². The second kappa shape index (κ2) is 8.33. The van der Waals surface area contributed by atoms with Crippen molar-refractivity contribution < 1.29 is 18.3 Å². The third-order valence-electron chi connectivity index (χ3n) is 4.51. The summed E-state index contributed by atoms with van der Waals surface area (Å²) in [6, 6.07) is 14.2. The summed E-state index contributed by atoms with van der Waals surface area (Å²) in [5.41, 5.74) is 3.42. The van der Waals surface area contributed by atoms with Crippen molar-refractivity contribution in [1.82, 2.24) is 9.55 Å². The molecule has 0 spiro atoms. The zero-order valence-electron chi connectivity index (χ0n) is 15.8. The molecule has 0 atom stereocenters. The molecular formula is C22H16BrF2N3O2. The van der Waals surface area contributed by atoms with Gasteiger partial charge in [-0.05, 0) is 54.1 Å². The molecule has 1 amide bonds. The van der Waals surface area contributed by atoms with Crippen molar-refractivity contribution in [3.8, 4) is 16.8 Å². The van der Waals surface area contributed by atoms with Crippen LogP contribution < -0.4 is 5.32 Å². The zero-order valence-corrected chi connectivity index (χ0v) is 17.4. The standard InChI is InChI=1S/C22H16BrF2N3O2/c1-30-11-22(29)27-16-6-13(18-4-3-15(24)9-19(18)25)7-17(10-16)28-12-26-20-8-14(23)2-5-21(20)28/h2-10,12H,11H2,1H3,(H,27,29). The van der Waals surface area contributed by atoms with Gasteiger partial charge in [0, 0.05) is 34.6 Å². The molecule has 4 aromatic rings. The van der Waals surface area contributed by atoms with Gasteiger partial charge in [0.15, 0.2) is 0 Å². The maximum absolute atomic E-state index is 14.5. The molecule has 0 aliphatic carbocycles.